The van der Waals surface area contributed by atoms with E-state index in [0.29, 0.717) is 0 Å². The number of anilines is 1. The molecular weight excluding hydrogens is 268 g/mol. The van der Waals surface area contributed by atoms with E-state index in [1.807, 2.05) is 32.0 Å². The van der Waals surface area contributed by atoms with Crippen molar-refractivity contribution in [3.8, 4) is 5.75 Å². The number of nitrogens with zero attached hydrogens (tertiary/aromatic N) is 1. The molecule has 0 heterocycles. The summed E-state index contributed by atoms with van der Waals surface area (Å²) in [5.41, 5.74) is 3.80. The van der Waals surface area contributed by atoms with Crippen molar-refractivity contribution >= 4 is 11.4 Å². The number of nitro groups is 1. The van der Waals surface area contributed by atoms with Gasteiger partial charge in [0, 0.05) is 30.4 Å². The molecule has 2 aromatic rings. The first kappa shape index (κ1) is 14.8. The third kappa shape index (κ3) is 3.51. The second-order valence-electron chi connectivity index (χ2n) is 4.91. The van der Waals surface area contributed by atoms with Crippen LogP contribution in [0.3, 0.4) is 0 Å². The van der Waals surface area contributed by atoms with Crippen molar-refractivity contribution in [3.05, 3.63) is 63.2 Å². The van der Waals surface area contributed by atoms with Crippen LogP contribution in [0.15, 0.2) is 36.4 Å². The molecule has 0 saturated heterocycles. The van der Waals surface area contributed by atoms with Crippen LogP contribution < -0.4 is 10.1 Å². The van der Waals surface area contributed by atoms with E-state index in [2.05, 4.69) is 5.32 Å². The zero-order valence-electron chi connectivity index (χ0n) is 12.3. The highest BCUT2D eigenvalue weighted by molar-refractivity contribution is 5.55. The highest BCUT2D eigenvalue weighted by Crippen LogP contribution is 2.25. The normalized spacial score (nSPS) is 10.2. The van der Waals surface area contributed by atoms with Crippen molar-refractivity contribution in [2.75, 3.05) is 12.4 Å². The summed E-state index contributed by atoms with van der Waals surface area (Å²) in [7, 11) is 1.78. The van der Waals surface area contributed by atoms with E-state index in [-0.39, 0.29) is 12.3 Å². The van der Waals surface area contributed by atoms with Crippen molar-refractivity contribution < 1.29 is 9.66 Å². The van der Waals surface area contributed by atoms with Gasteiger partial charge < -0.3 is 10.1 Å². The molecule has 0 unspecified atom stereocenters. The predicted octanol–water partition coefficient (Wildman–Crippen LogP) is 3.83. The molecule has 0 fully saturated rings. The molecule has 0 aliphatic heterocycles. The lowest BCUT2D eigenvalue weighted by atomic mass is 10.1. The minimum atomic E-state index is -0.402. The summed E-state index contributed by atoms with van der Waals surface area (Å²) in [5, 5.41) is 13.9. The molecule has 21 heavy (non-hydrogen) atoms. The Hall–Kier alpha value is -2.56. The lowest BCUT2D eigenvalue weighted by molar-refractivity contribution is -0.384. The Balaban J connectivity index is 2.24. The van der Waals surface area contributed by atoms with Crippen LogP contribution in [0.25, 0.3) is 0 Å². The maximum Gasteiger partial charge on any atom is 0.269 e. The zero-order chi connectivity index (χ0) is 15.4. The summed E-state index contributed by atoms with van der Waals surface area (Å²) in [6, 6.07) is 10.7. The summed E-state index contributed by atoms with van der Waals surface area (Å²) in [6.45, 7) is 4.25. The molecule has 5 heteroatoms. The van der Waals surface area contributed by atoms with E-state index < -0.39 is 4.92 Å². The number of hydrogen-bond acceptors (Lipinski definition) is 4. The fraction of sp³-hybridized carbons (Fsp3) is 0.250. The largest absolute Gasteiger partial charge is 0.489 e. The summed E-state index contributed by atoms with van der Waals surface area (Å²) in [5.74, 6) is 0.795. The molecule has 0 saturated carbocycles. The predicted molar refractivity (Wildman–Crippen MR) is 82.9 cm³/mol. The molecule has 0 aliphatic rings. The van der Waals surface area contributed by atoms with Crippen LogP contribution in [0.4, 0.5) is 11.4 Å². The van der Waals surface area contributed by atoms with Gasteiger partial charge in [-0.2, -0.15) is 0 Å². The van der Waals surface area contributed by atoms with E-state index in [0.717, 1.165) is 28.1 Å². The van der Waals surface area contributed by atoms with Gasteiger partial charge in [-0.3, -0.25) is 10.1 Å². The number of ether oxygens (including phenoxy) is 1. The smallest absolute Gasteiger partial charge is 0.269 e. The maximum absolute atomic E-state index is 10.9. The molecule has 2 rings (SSSR count). The van der Waals surface area contributed by atoms with Crippen molar-refractivity contribution in [1.82, 2.24) is 0 Å². The molecule has 0 aliphatic carbocycles. The first-order chi connectivity index (χ1) is 10.0. The lowest BCUT2D eigenvalue weighted by Crippen LogP contribution is -2.03. The summed E-state index contributed by atoms with van der Waals surface area (Å²) in [4.78, 5) is 10.5. The van der Waals surface area contributed by atoms with Crippen molar-refractivity contribution in [1.29, 1.82) is 0 Å². The minimum absolute atomic E-state index is 0.0635. The second kappa shape index (κ2) is 6.26. The summed E-state index contributed by atoms with van der Waals surface area (Å²) >= 11 is 0. The molecule has 1 N–H and O–H groups in total. The molecular formula is C16H18N2O3. The van der Waals surface area contributed by atoms with Gasteiger partial charge in [0.1, 0.15) is 12.4 Å². The molecule has 0 aromatic heterocycles. The van der Waals surface area contributed by atoms with Crippen LogP contribution in [0.5, 0.6) is 5.75 Å². The van der Waals surface area contributed by atoms with Gasteiger partial charge in [0.2, 0.25) is 0 Å². The Morgan fingerprint density at radius 3 is 2.62 bits per heavy atom. The highest BCUT2D eigenvalue weighted by atomic mass is 16.6. The minimum Gasteiger partial charge on any atom is -0.489 e. The SMILES string of the molecule is CNc1ccc([N+](=O)[O-])cc1COc1cc(C)ccc1C. The average molecular weight is 286 g/mol. The van der Waals surface area contributed by atoms with Gasteiger partial charge in [-0.05, 0) is 37.1 Å². The Morgan fingerprint density at radius 1 is 1.19 bits per heavy atom. The first-order valence-electron chi connectivity index (χ1n) is 6.66. The first-order valence-corrected chi connectivity index (χ1v) is 6.66. The van der Waals surface area contributed by atoms with Crippen molar-refractivity contribution in [2.45, 2.75) is 20.5 Å². The van der Waals surface area contributed by atoms with Crippen LogP contribution in [-0.4, -0.2) is 12.0 Å². The van der Waals surface area contributed by atoms with Crippen molar-refractivity contribution in [3.63, 3.8) is 0 Å². The van der Waals surface area contributed by atoms with Gasteiger partial charge in [-0.1, -0.05) is 12.1 Å². The van der Waals surface area contributed by atoms with Gasteiger partial charge in [0.05, 0.1) is 4.92 Å². The maximum atomic E-state index is 10.9. The van der Waals surface area contributed by atoms with E-state index in [1.165, 1.54) is 12.1 Å². The molecule has 2 aromatic carbocycles. The molecule has 110 valence electrons. The number of nitro benzene ring substituents is 1. The Bertz CT molecular complexity index is 669. The Labute approximate surface area is 123 Å². The molecule has 0 spiro atoms. The fourth-order valence-corrected chi connectivity index (χ4v) is 2.08. The molecule has 5 nitrogen and oxygen atoms in total. The number of benzene rings is 2. The summed E-state index contributed by atoms with van der Waals surface area (Å²) in [6.07, 6.45) is 0. The van der Waals surface area contributed by atoms with Crippen LogP contribution in [0.2, 0.25) is 0 Å². The fourth-order valence-electron chi connectivity index (χ4n) is 2.08. The van der Waals surface area contributed by atoms with E-state index in [4.69, 9.17) is 4.74 Å². The van der Waals surface area contributed by atoms with Gasteiger partial charge in [0.25, 0.3) is 5.69 Å². The number of rotatable bonds is 5. The molecule has 0 bridgehead atoms. The van der Waals surface area contributed by atoms with Gasteiger partial charge >= 0.3 is 0 Å². The monoisotopic (exact) mass is 286 g/mol. The van der Waals surface area contributed by atoms with Crippen LogP contribution in [0, 0.1) is 24.0 Å². The average Bonchev–Trinajstić information content (AvgIpc) is 2.47. The van der Waals surface area contributed by atoms with Gasteiger partial charge in [-0.25, -0.2) is 0 Å². The Kier molecular flexibility index (Phi) is 4.42. The standard InChI is InChI=1S/C16H18N2O3/c1-11-4-5-12(2)16(8-11)21-10-13-9-14(18(19)20)6-7-15(13)17-3/h4-9,17H,10H2,1-3H3. The zero-order valence-corrected chi connectivity index (χ0v) is 12.3. The molecule has 0 radical (unpaired) electrons. The van der Waals surface area contributed by atoms with E-state index in [9.17, 15) is 10.1 Å². The van der Waals surface area contributed by atoms with Crippen LogP contribution >= 0.6 is 0 Å². The third-order valence-corrected chi connectivity index (χ3v) is 3.30. The topological polar surface area (TPSA) is 64.4 Å². The number of aryl methyl sites for hydroxylation is 2. The molecule has 0 amide bonds. The van der Waals surface area contributed by atoms with E-state index in [1.54, 1.807) is 13.1 Å². The van der Waals surface area contributed by atoms with E-state index >= 15 is 0 Å². The van der Waals surface area contributed by atoms with Crippen molar-refractivity contribution in [2.24, 2.45) is 0 Å². The van der Waals surface area contributed by atoms with Gasteiger partial charge in [0.15, 0.2) is 0 Å². The van der Waals surface area contributed by atoms with Crippen LogP contribution in [0.1, 0.15) is 16.7 Å². The molecule has 0 atom stereocenters. The van der Waals surface area contributed by atoms with Crippen LogP contribution in [-0.2, 0) is 6.61 Å². The van der Waals surface area contributed by atoms with Gasteiger partial charge in [-0.15, -0.1) is 0 Å². The highest BCUT2D eigenvalue weighted by Gasteiger charge is 2.11. The summed E-state index contributed by atoms with van der Waals surface area (Å²) < 4.78 is 5.82. The number of non-ortho nitro benzene ring substituents is 1. The third-order valence-electron chi connectivity index (χ3n) is 3.30. The Morgan fingerprint density at radius 2 is 1.95 bits per heavy atom. The number of nitrogens with one attached hydrogen (secondary N) is 1. The number of hydrogen-bond donors (Lipinski definition) is 1. The second-order valence-corrected chi connectivity index (χ2v) is 4.91. The lowest BCUT2D eigenvalue weighted by Gasteiger charge is -2.13. The quantitative estimate of drug-likeness (QED) is 0.670.